The van der Waals surface area contributed by atoms with Crippen molar-refractivity contribution in [2.75, 3.05) is 6.61 Å². The van der Waals surface area contributed by atoms with Crippen molar-refractivity contribution in [1.29, 1.82) is 0 Å². The Morgan fingerprint density at radius 1 is 1.09 bits per heavy atom. The van der Waals surface area contributed by atoms with Gasteiger partial charge in [0.25, 0.3) is 16.9 Å². The third-order valence-electron chi connectivity index (χ3n) is 5.34. The van der Waals surface area contributed by atoms with Gasteiger partial charge >= 0.3 is 5.97 Å². The van der Waals surface area contributed by atoms with Gasteiger partial charge in [0, 0.05) is 24.3 Å². The molecule has 1 aromatic heterocycles. The highest BCUT2D eigenvalue weighted by Gasteiger charge is 2.33. The van der Waals surface area contributed by atoms with Gasteiger partial charge in [-0.3, -0.25) is 29.6 Å². The molecule has 2 heterocycles. The molecule has 11 nitrogen and oxygen atoms in total. The molecule has 4 rings (SSSR count). The van der Waals surface area contributed by atoms with Crippen molar-refractivity contribution in [2.45, 2.75) is 19.9 Å². The molecule has 35 heavy (non-hydrogen) atoms. The van der Waals surface area contributed by atoms with Crippen molar-refractivity contribution in [3.63, 3.8) is 0 Å². The van der Waals surface area contributed by atoms with Crippen LogP contribution in [0.15, 0.2) is 69.6 Å². The minimum Gasteiger partial charge on any atom is -0.463 e. The third kappa shape index (κ3) is 4.51. The molecule has 178 valence electrons. The number of fused-ring (bicyclic) bond motifs is 1. The molecule has 0 bridgehead atoms. The number of allylic oxidation sites excluding steroid dienone is 1. The Morgan fingerprint density at radius 3 is 2.20 bits per heavy atom. The lowest BCUT2D eigenvalue weighted by Gasteiger charge is -2.24. The maximum absolute atomic E-state index is 13.5. The predicted molar refractivity (Wildman–Crippen MR) is 127 cm³/mol. The molecule has 0 radical (unpaired) electrons. The Bertz CT molecular complexity index is 1550. The van der Waals surface area contributed by atoms with E-state index in [0.717, 1.165) is 11.3 Å². The van der Waals surface area contributed by atoms with E-state index in [0.29, 0.717) is 26.2 Å². The van der Waals surface area contributed by atoms with Crippen LogP contribution in [0.1, 0.15) is 31.0 Å². The highest BCUT2D eigenvalue weighted by molar-refractivity contribution is 7.07. The van der Waals surface area contributed by atoms with Crippen molar-refractivity contribution >= 4 is 34.8 Å². The molecule has 1 aliphatic heterocycles. The van der Waals surface area contributed by atoms with Gasteiger partial charge in [-0.05, 0) is 55.3 Å². The fraction of sp³-hybridized carbons (Fsp3) is 0.174. The quantitative estimate of drug-likeness (QED) is 0.291. The summed E-state index contributed by atoms with van der Waals surface area (Å²) in [4.78, 5) is 52.1. The Morgan fingerprint density at radius 2 is 1.66 bits per heavy atom. The largest absolute Gasteiger partial charge is 0.463 e. The van der Waals surface area contributed by atoms with Crippen molar-refractivity contribution in [2.24, 2.45) is 4.99 Å². The zero-order valence-electron chi connectivity index (χ0n) is 18.5. The number of rotatable bonds is 6. The third-order valence-corrected chi connectivity index (χ3v) is 6.32. The fourth-order valence-corrected chi connectivity index (χ4v) is 4.78. The number of nitrogens with zero attached hydrogens (tertiary/aromatic N) is 4. The summed E-state index contributed by atoms with van der Waals surface area (Å²) < 4.78 is 6.88. The Kier molecular flexibility index (Phi) is 6.38. The number of non-ortho nitro benzene ring substituents is 2. The molecule has 0 aliphatic carbocycles. The molecule has 12 heteroatoms. The standard InChI is InChI=1S/C23H18N4O7S/c1-3-34-22(29)19-13(2)24-23-25(20(19)15-6-10-17(11-7-15)27(32)33)21(28)18(35-23)12-14-4-8-16(9-5-14)26(30)31/h4-12,20H,3H2,1-2H3. The number of nitro benzene ring substituents is 2. The highest BCUT2D eigenvalue weighted by Crippen LogP contribution is 2.31. The maximum Gasteiger partial charge on any atom is 0.338 e. The predicted octanol–water partition coefficient (Wildman–Crippen LogP) is 2.61. The van der Waals surface area contributed by atoms with E-state index >= 15 is 0 Å². The second-order valence-electron chi connectivity index (χ2n) is 7.50. The zero-order chi connectivity index (χ0) is 25.3. The number of ether oxygens (including phenoxy) is 1. The van der Waals surface area contributed by atoms with Crippen molar-refractivity contribution in [1.82, 2.24) is 4.57 Å². The van der Waals surface area contributed by atoms with E-state index in [1.165, 1.54) is 53.1 Å². The van der Waals surface area contributed by atoms with Crippen molar-refractivity contribution < 1.29 is 19.4 Å². The molecule has 1 unspecified atom stereocenters. The molecule has 3 aromatic rings. The van der Waals surface area contributed by atoms with Crippen LogP contribution < -0.4 is 14.9 Å². The molecule has 0 fully saturated rings. The summed E-state index contributed by atoms with van der Waals surface area (Å²) in [5.74, 6) is -0.637. The van der Waals surface area contributed by atoms with E-state index < -0.39 is 27.4 Å². The first kappa shape index (κ1) is 23.7. The summed E-state index contributed by atoms with van der Waals surface area (Å²) >= 11 is 1.10. The summed E-state index contributed by atoms with van der Waals surface area (Å²) in [6.45, 7) is 3.42. The molecule has 2 aromatic carbocycles. The lowest BCUT2D eigenvalue weighted by molar-refractivity contribution is -0.385. The first-order valence-corrected chi connectivity index (χ1v) is 11.2. The van der Waals surface area contributed by atoms with Crippen LogP contribution in [0, 0.1) is 20.2 Å². The molecular formula is C23H18N4O7S. The number of esters is 1. The minimum atomic E-state index is -0.898. The number of hydrogen-bond donors (Lipinski definition) is 0. The lowest BCUT2D eigenvalue weighted by Crippen LogP contribution is -2.39. The molecule has 0 N–H and O–H groups in total. The normalized spacial score (nSPS) is 15.4. The summed E-state index contributed by atoms with van der Waals surface area (Å²) in [6, 6.07) is 10.4. The van der Waals surface area contributed by atoms with Gasteiger partial charge in [-0.15, -0.1) is 0 Å². The second-order valence-corrected chi connectivity index (χ2v) is 8.51. The van der Waals surface area contributed by atoms with Crippen molar-refractivity contribution in [3.05, 3.63) is 111 Å². The Labute approximate surface area is 201 Å². The number of carbonyl (C=O) groups is 1. The van der Waals surface area contributed by atoms with Crippen LogP contribution in [0.3, 0.4) is 0 Å². The van der Waals surface area contributed by atoms with E-state index in [1.807, 2.05) is 0 Å². The smallest absolute Gasteiger partial charge is 0.338 e. The van der Waals surface area contributed by atoms with Crippen LogP contribution >= 0.6 is 11.3 Å². The van der Waals surface area contributed by atoms with E-state index in [9.17, 15) is 29.8 Å². The number of benzene rings is 2. The van der Waals surface area contributed by atoms with Crippen LogP contribution in [0.25, 0.3) is 6.08 Å². The summed E-state index contributed by atoms with van der Waals surface area (Å²) in [7, 11) is 0. The van der Waals surface area contributed by atoms with Gasteiger partial charge in [0.1, 0.15) is 0 Å². The minimum absolute atomic E-state index is 0.0727. The molecule has 0 spiro atoms. The van der Waals surface area contributed by atoms with Gasteiger partial charge < -0.3 is 4.74 Å². The van der Waals surface area contributed by atoms with E-state index in [2.05, 4.69) is 4.99 Å². The first-order chi connectivity index (χ1) is 16.7. The van der Waals surface area contributed by atoms with E-state index in [-0.39, 0.29) is 23.6 Å². The van der Waals surface area contributed by atoms with E-state index in [1.54, 1.807) is 19.9 Å². The number of aromatic nitrogens is 1. The van der Waals surface area contributed by atoms with Crippen LogP contribution in [0.4, 0.5) is 11.4 Å². The molecule has 1 atom stereocenters. The average Bonchev–Trinajstić information content (AvgIpc) is 3.13. The molecule has 0 saturated heterocycles. The lowest BCUT2D eigenvalue weighted by atomic mass is 9.95. The summed E-state index contributed by atoms with van der Waals surface area (Å²) in [5, 5.41) is 22.0. The SMILES string of the molecule is CCOC(=O)C1=C(C)N=c2sc(=Cc3ccc([N+](=O)[O-])cc3)c(=O)n2C1c1ccc([N+](=O)[O-])cc1. The van der Waals surface area contributed by atoms with Gasteiger partial charge in [-0.1, -0.05) is 11.3 Å². The van der Waals surface area contributed by atoms with Crippen LogP contribution in [0.2, 0.25) is 0 Å². The van der Waals surface area contributed by atoms with Gasteiger partial charge in [0.15, 0.2) is 4.80 Å². The van der Waals surface area contributed by atoms with Crippen LogP contribution in [-0.4, -0.2) is 27.0 Å². The molecule has 1 aliphatic rings. The highest BCUT2D eigenvalue weighted by atomic mass is 32.1. The molecular weight excluding hydrogens is 476 g/mol. The maximum atomic E-state index is 13.5. The van der Waals surface area contributed by atoms with Crippen molar-refractivity contribution in [3.8, 4) is 0 Å². The number of nitro groups is 2. The molecule has 0 amide bonds. The van der Waals surface area contributed by atoms with Gasteiger partial charge in [0.05, 0.1) is 38.3 Å². The second kappa shape index (κ2) is 9.43. The zero-order valence-corrected chi connectivity index (χ0v) is 19.4. The van der Waals surface area contributed by atoms with Crippen LogP contribution in [-0.2, 0) is 9.53 Å². The summed E-state index contributed by atoms with van der Waals surface area (Å²) in [5.41, 5.74) is 0.967. The summed E-state index contributed by atoms with van der Waals surface area (Å²) in [6.07, 6.45) is 1.59. The Balaban J connectivity index is 1.90. The topological polar surface area (TPSA) is 147 Å². The number of thiazole rings is 1. The van der Waals surface area contributed by atoms with Gasteiger partial charge in [-0.2, -0.15) is 0 Å². The van der Waals surface area contributed by atoms with Gasteiger partial charge in [-0.25, -0.2) is 9.79 Å². The first-order valence-electron chi connectivity index (χ1n) is 10.4. The van der Waals surface area contributed by atoms with Crippen LogP contribution in [0.5, 0.6) is 0 Å². The Hall–Kier alpha value is -4.45. The fourth-order valence-electron chi connectivity index (χ4n) is 3.73. The molecule has 0 saturated carbocycles. The monoisotopic (exact) mass is 494 g/mol. The van der Waals surface area contributed by atoms with E-state index in [4.69, 9.17) is 4.74 Å². The number of hydrogen-bond acceptors (Lipinski definition) is 9. The average molecular weight is 494 g/mol. The van der Waals surface area contributed by atoms with Gasteiger partial charge in [0.2, 0.25) is 0 Å². The number of carbonyl (C=O) groups excluding carboxylic acids is 1.